The monoisotopic (exact) mass is 583 g/mol. The van der Waals surface area contributed by atoms with Gasteiger partial charge in [-0.2, -0.15) is 0 Å². The summed E-state index contributed by atoms with van der Waals surface area (Å²) >= 11 is 6.49. The van der Waals surface area contributed by atoms with E-state index in [0.29, 0.717) is 16.3 Å². The molecule has 0 unspecified atom stereocenters. The van der Waals surface area contributed by atoms with Crippen LogP contribution in [0.1, 0.15) is 42.5 Å². The molecular weight excluding hydrogens is 546 g/mol. The molecule has 0 radical (unpaired) electrons. The quantitative estimate of drug-likeness (QED) is 0.314. The van der Waals surface area contributed by atoms with Crippen LogP contribution in [0, 0.1) is 13.8 Å². The van der Waals surface area contributed by atoms with E-state index in [1.54, 1.807) is 31.2 Å². The summed E-state index contributed by atoms with van der Waals surface area (Å²) in [6.45, 7) is 7.12. The van der Waals surface area contributed by atoms with Gasteiger partial charge >= 0.3 is 0 Å². The Morgan fingerprint density at radius 2 is 1.62 bits per heavy atom. The third kappa shape index (κ3) is 8.32. The van der Waals surface area contributed by atoms with Crippen LogP contribution in [0.4, 0.5) is 5.69 Å². The van der Waals surface area contributed by atoms with Crippen LogP contribution in [0.3, 0.4) is 0 Å². The van der Waals surface area contributed by atoms with Crippen LogP contribution in [0.2, 0.25) is 5.02 Å². The second-order valence-electron chi connectivity index (χ2n) is 10.2. The van der Waals surface area contributed by atoms with Crippen molar-refractivity contribution in [3.8, 4) is 0 Å². The predicted octanol–water partition coefficient (Wildman–Crippen LogP) is 5.28. The third-order valence-electron chi connectivity index (χ3n) is 6.88. The SMILES string of the molecule is CC[C@@H](C)NC(=O)[C@@H](Cc1ccccc1)N(Cc1ccccc1Cl)C(=O)CN(c1cc(C)ccc1C)S(C)(=O)=O. The Morgan fingerprint density at radius 3 is 2.25 bits per heavy atom. The van der Waals surface area contributed by atoms with Gasteiger partial charge in [0.25, 0.3) is 0 Å². The number of hydrogen-bond acceptors (Lipinski definition) is 4. The van der Waals surface area contributed by atoms with E-state index in [9.17, 15) is 18.0 Å². The minimum Gasteiger partial charge on any atom is -0.352 e. The number of nitrogens with one attached hydrogen (secondary N) is 1. The first kappa shape index (κ1) is 31.2. The number of hydrogen-bond donors (Lipinski definition) is 1. The van der Waals surface area contributed by atoms with Crippen molar-refractivity contribution >= 4 is 39.1 Å². The molecule has 0 saturated heterocycles. The van der Waals surface area contributed by atoms with E-state index in [0.717, 1.165) is 33.7 Å². The Bertz CT molecular complexity index is 1430. The lowest BCUT2D eigenvalue weighted by atomic mass is 10.0. The molecule has 3 aromatic rings. The molecule has 0 aliphatic rings. The molecular formula is C31H38ClN3O4S. The summed E-state index contributed by atoms with van der Waals surface area (Å²) in [6.07, 6.45) is 2.05. The highest BCUT2D eigenvalue weighted by atomic mass is 35.5. The normalized spacial score (nSPS) is 12.8. The number of anilines is 1. The molecule has 214 valence electrons. The molecule has 40 heavy (non-hydrogen) atoms. The maximum atomic E-state index is 14.2. The van der Waals surface area contributed by atoms with Gasteiger partial charge in [-0.15, -0.1) is 0 Å². The molecule has 2 amide bonds. The molecule has 3 rings (SSSR count). The fraction of sp³-hybridized carbons (Fsp3) is 0.355. The number of nitrogens with zero attached hydrogens (tertiary/aromatic N) is 2. The Morgan fingerprint density at radius 1 is 0.975 bits per heavy atom. The van der Waals surface area contributed by atoms with Gasteiger partial charge in [-0.05, 0) is 61.6 Å². The van der Waals surface area contributed by atoms with E-state index in [-0.39, 0.29) is 24.9 Å². The zero-order valence-corrected chi connectivity index (χ0v) is 25.3. The van der Waals surface area contributed by atoms with Crippen LogP contribution in [-0.4, -0.2) is 50.0 Å². The zero-order chi connectivity index (χ0) is 29.4. The number of carbonyl (C=O) groups excluding carboxylic acids is 2. The highest BCUT2D eigenvalue weighted by molar-refractivity contribution is 7.92. The lowest BCUT2D eigenvalue weighted by Crippen LogP contribution is -2.54. The van der Waals surface area contributed by atoms with Gasteiger partial charge in [-0.3, -0.25) is 13.9 Å². The van der Waals surface area contributed by atoms with Crippen LogP contribution >= 0.6 is 11.6 Å². The van der Waals surface area contributed by atoms with Crippen molar-refractivity contribution in [2.75, 3.05) is 17.1 Å². The van der Waals surface area contributed by atoms with Gasteiger partial charge in [0.2, 0.25) is 21.8 Å². The summed E-state index contributed by atoms with van der Waals surface area (Å²) < 4.78 is 27.1. The minimum absolute atomic E-state index is 0.0360. The molecule has 9 heteroatoms. The summed E-state index contributed by atoms with van der Waals surface area (Å²) in [6, 6.07) is 21.0. The summed E-state index contributed by atoms with van der Waals surface area (Å²) in [7, 11) is -3.84. The summed E-state index contributed by atoms with van der Waals surface area (Å²) in [5, 5.41) is 3.47. The average Bonchev–Trinajstić information content (AvgIpc) is 2.91. The summed E-state index contributed by atoms with van der Waals surface area (Å²) in [5.41, 5.74) is 3.54. The van der Waals surface area contributed by atoms with Crippen LogP contribution in [-0.2, 0) is 32.6 Å². The molecule has 0 aliphatic carbocycles. The van der Waals surface area contributed by atoms with Gasteiger partial charge in [0, 0.05) is 24.0 Å². The Balaban J connectivity index is 2.10. The van der Waals surface area contributed by atoms with Gasteiger partial charge < -0.3 is 10.2 Å². The maximum absolute atomic E-state index is 14.2. The van der Waals surface area contributed by atoms with Crippen LogP contribution in [0.5, 0.6) is 0 Å². The molecule has 7 nitrogen and oxygen atoms in total. The number of amides is 2. The van der Waals surface area contributed by atoms with Crippen molar-refractivity contribution in [1.82, 2.24) is 10.2 Å². The summed E-state index contributed by atoms with van der Waals surface area (Å²) in [5.74, 6) is -0.817. The lowest BCUT2D eigenvalue weighted by Gasteiger charge is -2.34. The van der Waals surface area contributed by atoms with E-state index < -0.39 is 28.5 Å². The average molecular weight is 584 g/mol. The first-order chi connectivity index (χ1) is 18.9. The van der Waals surface area contributed by atoms with E-state index in [1.165, 1.54) is 4.90 Å². The summed E-state index contributed by atoms with van der Waals surface area (Å²) in [4.78, 5) is 29.3. The highest BCUT2D eigenvalue weighted by Gasteiger charge is 2.34. The number of carbonyl (C=O) groups is 2. The molecule has 0 aliphatic heterocycles. The highest BCUT2D eigenvalue weighted by Crippen LogP contribution is 2.26. The number of aryl methyl sites for hydroxylation is 2. The van der Waals surface area contributed by atoms with Crippen molar-refractivity contribution in [2.45, 2.75) is 59.2 Å². The topological polar surface area (TPSA) is 86.8 Å². The Labute approximate surface area is 243 Å². The van der Waals surface area contributed by atoms with Crippen molar-refractivity contribution < 1.29 is 18.0 Å². The fourth-order valence-corrected chi connectivity index (χ4v) is 5.48. The molecule has 3 aromatic carbocycles. The van der Waals surface area contributed by atoms with Gasteiger partial charge in [0.05, 0.1) is 11.9 Å². The molecule has 2 atom stereocenters. The largest absolute Gasteiger partial charge is 0.352 e. The maximum Gasteiger partial charge on any atom is 0.244 e. The Kier molecular flexibility index (Phi) is 10.8. The van der Waals surface area contributed by atoms with Crippen LogP contribution in [0.25, 0.3) is 0 Å². The van der Waals surface area contributed by atoms with Crippen molar-refractivity contribution in [3.05, 3.63) is 100 Å². The van der Waals surface area contributed by atoms with E-state index in [2.05, 4.69) is 5.32 Å². The molecule has 0 bridgehead atoms. The second kappa shape index (κ2) is 13.8. The minimum atomic E-state index is -3.84. The van der Waals surface area contributed by atoms with Gasteiger partial charge in [-0.25, -0.2) is 8.42 Å². The zero-order valence-electron chi connectivity index (χ0n) is 23.7. The van der Waals surface area contributed by atoms with E-state index in [1.807, 2.05) is 69.3 Å². The van der Waals surface area contributed by atoms with Crippen molar-refractivity contribution in [3.63, 3.8) is 0 Å². The van der Waals surface area contributed by atoms with Crippen LogP contribution < -0.4 is 9.62 Å². The molecule has 0 spiro atoms. The standard InChI is InChI=1S/C31H38ClN3O4S/c1-6-24(4)33-31(37)29(19-25-12-8-7-9-13-25)34(20-26-14-10-11-15-27(26)32)30(36)21-35(40(5,38)39)28-18-22(2)16-17-23(28)3/h7-18,24,29H,6,19-21H2,1-5H3,(H,33,37)/t24-,29-/m1/s1. The number of halogens is 1. The number of sulfonamides is 1. The first-order valence-corrected chi connectivity index (χ1v) is 15.6. The van der Waals surface area contributed by atoms with Crippen molar-refractivity contribution in [1.29, 1.82) is 0 Å². The molecule has 1 N–H and O–H groups in total. The second-order valence-corrected chi connectivity index (χ2v) is 12.5. The van der Waals surface area contributed by atoms with Crippen LogP contribution in [0.15, 0.2) is 72.8 Å². The van der Waals surface area contributed by atoms with Gasteiger partial charge in [0.15, 0.2) is 0 Å². The first-order valence-electron chi connectivity index (χ1n) is 13.3. The number of benzene rings is 3. The van der Waals surface area contributed by atoms with E-state index >= 15 is 0 Å². The lowest BCUT2D eigenvalue weighted by molar-refractivity contribution is -0.140. The molecule has 0 fully saturated rings. The molecule has 0 heterocycles. The molecule has 0 aromatic heterocycles. The van der Waals surface area contributed by atoms with Gasteiger partial charge in [0.1, 0.15) is 12.6 Å². The third-order valence-corrected chi connectivity index (χ3v) is 8.38. The van der Waals surface area contributed by atoms with Gasteiger partial charge in [-0.1, -0.05) is 79.2 Å². The van der Waals surface area contributed by atoms with Crippen molar-refractivity contribution in [2.24, 2.45) is 0 Å². The predicted molar refractivity (Wildman–Crippen MR) is 162 cm³/mol. The smallest absolute Gasteiger partial charge is 0.244 e. The van der Waals surface area contributed by atoms with E-state index in [4.69, 9.17) is 11.6 Å². The number of rotatable bonds is 12. The molecule has 0 saturated carbocycles. The fourth-order valence-electron chi connectivity index (χ4n) is 4.39. The Hall–Kier alpha value is -3.36.